The molecule has 0 aromatic carbocycles. The number of hydrogen-bond donors (Lipinski definition) is 1. The highest BCUT2D eigenvalue weighted by molar-refractivity contribution is 5.70. The molecule has 0 aliphatic carbocycles. The number of aliphatic carboxylic acids is 1. The molecule has 2 saturated heterocycles. The van der Waals surface area contributed by atoms with Crippen molar-refractivity contribution in [2.45, 2.75) is 32.6 Å². The van der Waals surface area contributed by atoms with E-state index in [1.54, 1.807) is 6.33 Å². The molecule has 3 rings (SSSR count). The average Bonchev–Trinajstić information content (AvgIpc) is 2.55. The number of carboxylic acids is 1. The summed E-state index contributed by atoms with van der Waals surface area (Å²) in [5, 5.41) is 9.08. The summed E-state index contributed by atoms with van der Waals surface area (Å²) in [4.78, 5) is 24.4. The van der Waals surface area contributed by atoms with E-state index in [9.17, 15) is 4.79 Å². The molecule has 1 aromatic rings. The number of anilines is 2. The minimum Gasteiger partial charge on any atom is -0.481 e. The molecule has 0 bridgehead atoms. The van der Waals surface area contributed by atoms with Crippen molar-refractivity contribution < 1.29 is 9.90 Å². The molecule has 1 atom stereocenters. The molecule has 3 heterocycles. The predicted octanol–water partition coefficient (Wildman–Crippen LogP) is 2.01. The Morgan fingerprint density at radius 2 is 1.82 bits per heavy atom. The number of carbonyl (C=O) groups is 1. The lowest BCUT2D eigenvalue weighted by Gasteiger charge is -2.34. The Kier molecular flexibility index (Phi) is 4.45. The molecular weight excluding hydrogens is 280 g/mol. The first-order valence-electron chi connectivity index (χ1n) is 8.18. The van der Waals surface area contributed by atoms with Crippen molar-refractivity contribution in [3.63, 3.8) is 0 Å². The highest BCUT2D eigenvalue weighted by Gasteiger charge is 2.26. The Bertz CT molecular complexity index is 529. The Labute approximate surface area is 131 Å². The van der Waals surface area contributed by atoms with E-state index in [1.807, 2.05) is 0 Å². The molecule has 120 valence electrons. The quantitative estimate of drug-likeness (QED) is 0.921. The normalized spacial score (nSPS) is 23.6. The van der Waals surface area contributed by atoms with E-state index < -0.39 is 5.97 Å². The maximum absolute atomic E-state index is 11.0. The van der Waals surface area contributed by atoms with Crippen LogP contribution in [0.5, 0.6) is 0 Å². The summed E-state index contributed by atoms with van der Waals surface area (Å²) in [6.45, 7) is 5.90. The van der Waals surface area contributed by atoms with Crippen molar-refractivity contribution in [1.29, 1.82) is 0 Å². The lowest BCUT2D eigenvalue weighted by Crippen LogP contribution is -2.37. The minimum absolute atomic E-state index is 0.208. The van der Waals surface area contributed by atoms with Gasteiger partial charge in [0.2, 0.25) is 0 Å². The third kappa shape index (κ3) is 3.31. The van der Waals surface area contributed by atoms with Crippen molar-refractivity contribution in [2.24, 2.45) is 11.8 Å². The highest BCUT2D eigenvalue weighted by atomic mass is 16.4. The molecule has 0 saturated carbocycles. The van der Waals surface area contributed by atoms with Crippen LogP contribution in [0.25, 0.3) is 0 Å². The van der Waals surface area contributed by atoms with E-state index in [2.05, 4.69) is 32.8 Å². The predicted molar refractivity (Wildman–Crippen MR) is 85.2 cm³/mol. The molecular formula is C16H24N4O2. The van der Waals surface area contributed by atoms with E-state index in [1.165, 1.54) is 12.8 Å². The molecule has 22 heavy (non-hydrogen) atoms. The van der Waals surface area contributed by atoms with Gasteiger partial charge in [0.05, 0.1) is 5.92 Å². The first-order valence-corrected chi connectivity index (χ1v) is 8.18. The van der Waals surface area contributed by atoms with Crippen LogP contribution in [0.4, 0.5) is 11.6 Å². The molecule has 6 nitrogen and oxygen atoms in total. The van der Waals surface area contributed by atoms with Crippen molar-refractivity contribution in [2.75, 3.05) is 36.0 Å². The molecule has 1 N–H and O–H groups in total. The van der Waals surface area contributed by atoms with Gasteiger partial charge < -0.3 is 14.9 Å². The standard InChI is InChI=1S/C16H24N4O2/c1-12-3-2-6-20(10-12)15-9-14(17-11-18-15)19-7-4-13(5-8-19)16(21)22/h9,11-13H,2-8,10H2,1H3,(H,21,22). The lowest BCUT2D eigenvalue weighted by molar-refractivity contribution is -0.142. The highest BCUT2D eigenvalue weighted by Crippen LogP contribution is 2.26. The van der Waals surface area contributed by atoms with Crippen LogP contribution < -0.4 is 9.80 Å². The molecule has 0 radical (unpaired) electrons. The fourth-order valence-electron chi connectivity index (χ4n) is 3.44. The number of aromatic nitrogens is 2. The van der Waals surface area contributed by atoms with Crippen molar-refractivity contribution in [3.8, 4) is 0 Å². The summed E-state index contributed by atoms with van der Waals surface area (Å²) >= 11 is 0. The summed E-state index contributed by atoms with van der Waals surface area (Å²) in [6, 6.07) is 2.05. The van der Waals surface area contributed by atoms with Gasteiger partial charge in [-0.1, -0.05) is 6.92 Å². The van der Waals surface area contributed by atoms with Crippen LogP contribution in [0.15, 0.2) is 12.4 Å². The van der Waals surface area contributed by atoms with E-state index in [0.717, 1.165) is 37.8 Å². The zero-order valence-corrected chi connectivity index (χ0v) is 13.1. The van der Waals surface area contributed by atoms with Crippen LogP contribution in [0.2, 0.25) is 0 Å². The van der Waals surface area contributed by atoms with Crippen LogP contribution >= 0.6 is 0 Å². The average molecular weight is 304 g/mol. The van der Waals surface area contributed by atoms with Gasteiger partial charge in [0.15, 0.2) is 0 Å². The van der Waals surface area contributed by atoms with Gasteiger partial charge in [0, 0.05) is 32.2 Å². The van der Waals surface area contributed by atoms with Gasteiger partial charge in [-0.05, 0) is 31.6 Å². The largest absolute Gasteiger partial charge is 0.481 e. The van der Waals surface area contributed by atoms with Gasteiger partial charge in [0.1, 0.15) is 18.0 Å². The number of piperidine rings is 2. The van der Waals surface area contributed by atoms with Crippen molar-refractivity contribution >= 4 is 17.6 Å². The van der Waals surface area contributed by atoms with Crippen LogP contribution in [-0.4, -0.2) is 47.2 Å². The second-order valence-electron chi connectivity index (χ2n) is 6.53. The molecule has 2 aliphatic rings. The second kappa shape index (κ2) is 6.50. The van der Waals surface area contributed by atoms with Gasteiger partial charge in [-0.15, -0.1) is 0 Å². The summed E-state index contributed by atoms with van der Waals surface area (Å²) in [5.41, 5.74) is 0. The fraction of sp³-hybridized carbons (Fsp3) is 0.688. The Hall–Kier alpha value is -1.85. The Morgan fingerprint density at radius 3 is 2.45 bits per heavy atom. The number of nitrogens with zero attached hydrogens (tertiary/aromatic N) is 4. The second-order valence-corrected chi connectivity index (χ2v) is 6.53. The molecule has 6 heteroatoms. The summed E-state index contributed by atoms with van der Waals surface area (Å²) in [6.07, 6.45) is 5.51. The molecule has 2 aliphatic heterocycles. The molecule has 0 amide bonds. The zero-order valence-electron chi connectivity index (χ0n) is 13.1. The Morgan fingerprint density at radius 1 is 1.14 bits per heavy atom. The van der Waals surface area contributed by atoms with Crippen molar-refractivity contribution in [1.82, 2.24) is 9.97 Å². The molecule has 1 unspecified atom stereocenters. The van der Waals surface area contributed by atoms with Gasteiger partial charge in [-0.25, -0.2) is 9.97 Å². The van der Waals surface area contributed by atoms with Crippen LogP contribution in [0.1, 0.15) is 32.6 Å². The summed E-state index contributed by atoms with van der Waals surface area (Å²) < 4.78 is 0. The van der Waals surface area contributed by atoms with E-state index in [-0.39, 0.29) is 5.92 Å². The van der Waals surface area contributed by atoms with Crippen LogP contribution in [0.3, 0.4) is 0 Å². The first-order chi connectivity index (χ1) is 10.6. The maximum atomic E-state index is 11.0. The maximum Gasteiger partial charge on any atom is 0.306 e. The van der Waals surface area contributed by atoms with Gasteiger partial charge >= 0.3 is 5.97 Å². The monoisotopic (exact) mass is 304 g/mol. The molecule has 0 spiro atoms. The lowest BCUT2D eigenvalue weighted by atomic mass is 9.97. The SMILES string of the molecule is CC1CCCN(c2cc(N3CCC(C(=O)O)CC3)ncn2)C1. The molecule has 1 aromatic heterocycles. The van der Waals surface area contributed by atoms with E-state index in [0.29, 0.717) is 18.8 Å². The summed E-state index contributed by atoms with van der Waals surface area (Å²) in [7, 11) is 0. The smallest absolute Gasteiger partial charge is 0.306 e. The minimum atomic E-state index is -0.676. The zero-order chi connectivity index (χ0) is 15.5. The summed E-state index contributed by atoms with van der Waals surface area (Å²) in [5.74, 6) is 1.74. The first kappa shape index (κ1) is 15.1. The van der Waals surface area contributed by atoms with Gasteiger partial charge in [-0.2, -0.15) is 0 Å². The topological polar surface area (TPSA) is 69.6 Å². The van der Waals surface area contributed by atoms with Gasteiger partial charge in [0.25, 0.3) is 0 Å². The number of hydrogen-bond acceptors (Lipinski definition) is 5. The Balaban J connectivity index is 1.68. The third-order valence-electron chi connectivity index (χ3n) is 4.79. The van der Waals surface area contributed by atoms with E-state index >= 15 is 0 Å². The number of rotatable bonds is 3. The van der Waals surface area contributed by atoms with Crippen molar-refractivity contribution in [3.05, 3.63) is 12.4 Å². The third-order valence-corrected chi connectivity index (χ3v) is 4.79. The number of carboxylic acid groups (broad SMARTS) is 1. The van der Waals surface area contributed by atoms with E-state index in [4.69, 9.17) is 5.11 Å². The van der Waals surface area contributed by atoms with Gasteiger partial charge in [-0.3, -0.25) is 4.79 Å². The molecule has 2 fully saturated rings. The fourth-order valence-corrected chi connectivity index (χ4v) is 3.44. The van der Waals surface area contributed by atoms with Crippen LogP contribution in [0, 0.1) is 11.8 Å². The van der Waals surface area contributed by atoms with Crippen LogP contribution in [-0.2, 0) is 4.79 Å².